The van der Waals surface area contributed by atoms with Crippen LogP contribution in [0.1, 0.15) is 26.7 Å². The Morgan fingerprint density at radius 3 is 1.44 bits per heavy atom. The average Bonchev–Trinajstić information content (AvgIpc) is 1.69. The standard InChI is InChI=1S/C6H14O.2Li.2H/c1-3-5-7-6-4-2;;;;/h3-6H2,1-2H3;;;;. The van der Waals surface area contributed by atoms with Crippen molar-refractivity contribution >= 4 is 37.7 Å². The van der Waals surface area contributed by atoms with Crippen LogP contribution >= 0.6 is 0 Å². The molecule has 0 spiro atoms. The molecule has 0 aliphatic heterocycles. The summed E-state index contributed by atoms with van der Waals surface area (Å²) in [5.74, 6) is 0. The Balaban J connectivity index is -0.000000180. The van der Waals surface area contributed by atoms with Gasteiger partial charge in [0.1, 0.15) is 0 Å². The molecule has 0 aliphatic carbocycles. The molecule has 0 atom stereocenters. The van der Waals surface area contributed by atoms with Crippen LogP contribution in [0.25, 0.3) is 0 Å². The Morgan fingerprint density at radius 1 is 0.889 bits per heavy atom. The second-order valence-electron chi connectivity index (χ2n) is 1.61. The van der Waals surface area contributed by atoms with Crippen LogP contribution in [-0.2, 0) is 4.74 Å². The normalized spacial score (nSPS) is 7.33. The fourth-order valence-electron chi connectivity index (χ4n) is 0.391. The molecule has 0 aliphatic rings. The van der Waals surface area contributed by atoms with Gasteiger partial charge in [-0.2, -0.15) is 0 Å². The number of rotatable bonds is 4. The molecule has 1 nitrogen and oxygen atoms in total. The Labute approximate surface area is 82.3 Å². The van der Waals surface area contributed by atoms with Crippen molar-refractivity contribution in [2.24, 2.45) is 0 Å². The van der Waals surface area contributed by atoms with Gasteiger partial charge in [0.2, 0.25) is 0 Å². The Hall–Kier alpha value is 1.15. The monoisotopic (exact) mass is 118 g/mol. The van der Waals surface area contributed by atoms with Crippen molar-refractivity contribution < 1.29 is 4.74 Å². The Morgan fingerprint density at radius 2 is 1.22 bits per heavy atom. The third kappa shape index (κ3) is 17.6. The first-order chi connectivity index (χ1) is 3.41. The Bertz CT molecular complexity index is 30.2. The van der Waals surface area contributed by atoms with Crippen LogP contribution in [0.15, 0.2) is 0 Å². The zero-order valence-electron chi connectivity index (χ0n) is 5.24. The summed E-state index contributed by atoms with van der Waals surface area (Å²) in [5.41, 5.74) is 0. The molecule has 0 heterocycles. The fraction of sp³-hybridized carbons (Fsp3) is 1.00. The van der Waals surface area contributed by atoms with Gasteiger partial charge in [-0.3, -0.25) is 0 Å². The molecule has 3 heteroatoms. The van der Waals surface area contributed by atoms with Crippen molar-refractivity contribution in [3.05, 3.63) is 0 Å². The zero-order chi connectivity index (χ0) is 5.54. The second kappa shape index (κ2) is 16.1. The molecule has 0 unspecified atom stereocenters. The minimum absolute atomic E-state index is 0. The van der Waals surface area contributed by atoms with Crippen molar-refractivity contribution in [2.45, 2.75) is 26.7 Å². The molecule has 48 valence electrons. The van der Waals surface area contributed by atoms with Crippen LogP contribution in [0.4, 0.5) is 0 Å². The van der Waals surface area contributed by atoms with Gasteiger partial charge in [-0.1, -0.05) is 13.8 Å². The van der Waals surface area contributed by atoms with E-state index in [9.17, 15) is 0 Å². The second-order valence-corrected chi connectivity index (χ2v) is 1.61. The molecule has 0 saturated carbocycles. The van der Waals surface area contributed by atoms with Gasteiger partial charge >= 0.3 is 37.7 Å². The van der Waals surface area contributed by atoms with E-state index in [0.29, 0.717) is 0 Å². The van der Waals surface area contributed by atoms with Crippen LogP contribution in [0.2, 0.25) is 0 Å². The van der Waals surface area contributed by atoms with Gasteiger partial charge in [0.05, 0.1) is 0 Å². The summed E-state index contributed by atoms with van der Waals surface area (Å²) in [6.07, 6.45) is 2.28. The minimum atomic E-state index is 0. The maximum absolute atomic E-state index is 5.13. The van der Waals surface area contributed by atoms with Crippen molar-refractivity contribution in [3.8, 4) is 0 Å². The van der Waals surface area contributed by atoms with Crippen molar-refractivity contribution in [3.63, 3.8) is 0 Å². The van der Waals surface area contributed by atoms with E-state index in [-0.39, 0.29) is 37.7 Å². The topological polar surface area (TPSA) is 9.23 Å². The molecule has 0 saturated heterocycles. The van der Waals surface area contributed by atoms with Crippen LogP contribution in [0.5, 0.6) is 0 Å². The third-order valence-electron chi connectivity index (χ3n) is 0.697. The predicted octanol–water partition coefficient (Wildman–Crippen LogP) is 0.526. The first-order valence-corrected chi connectivity index (χ1v) is 2.99. The molecule has 0 bridgehead atoms. The summed E-state index contributed by atoms with van der Waals surface area (Å²) in [4.78, 5) is 0. The van der Waals surface area contributed by atoms with E-state index in [2.05, 4.69) is 13.8 Å². The zero-order valence-corrected chi connectivity index (χ0v) is 5.24. The molecule has 0 aromatic rings. The summed E-state index contributed by atoms with van der Waals surface area (Å²) < 4.78 is 5.13. The number of hydrogen-bond acceptors (Lipinski definition) is 1. The van der Waals surface area contributed by atoms with Crippen LogP contribution in [0, 0.1) is 0 Å². The van der Waals surface area contributed by atoms with Gasteiger partial charge in [0, 0.05) is 13.2 Å². The van der Waals surface area contributed by atoms with Crippen molar-refractivity contribution in [1.82, 2.24) is 0 Å². The summed E-state index contributed by atoms with van der Waals surface area (Å²) in [6, 6.07) is 0. The van der Waals surface area contributed by atoms with Crippen molar-refractivity contribution in [1.29, 1.82) is 0 Å². The van der Waals surface area contributed by atoms with Crippen LogP contribution in [0.3, 0.4) is 0 Å². The van der Waals surface area contributed by atoms with E-state index in [1.165, 1.54) is 0 Å². The Kier molecular flexibility index (Phi) is 29.7. The van der Waals surface area contributed by atoms with E-state index >= 15 is 0 Å². The van der Waals surface area contributed by atoms with Gasteiger partial charge in [-0.25, -0.2) is 0 Å². The van der Waals surface area contributed by atoms with Crippen LogP contribution in [-0.4, -0.2) is 50.9 Å². The molecule has 0 N–H and O–H groups in total. The SMILES string of the molecule is CCCOCCC.[LiH].[LiH]. The first-order valence-electron chi connectivity index (χ1n) is 2.99. The summed E-state index contributed by atoms with van der Waals surface area (Å²) in [5, 5.41) is 0. The van der Waals surface area contributed by atoms with E-state index in [1.807, 2.05) is 0 Å². The molecular weight excluding hydrogens is 102 g/mol. The maximum atomic E-state index is 5.13. The molecular formula is C6H16Li2O. The van der Waals surface area contributed by atoms with Gasteiger partial charge in [0.25, 0.3) is 0 Å². The van der Waals surface area contributed by atoms with Gasteiger partial charge < -0.3 is 4.74 Å². The molecule has 0 radical (unpaired) electrons. The van der Waals surface area contributed by atoms with E-state index < -0.39 is 0 Å². The first kappa shape index (κ1) is 16.6. The molecule has 0 aromatic heterocycles. The van der Waals surface area contributed by atoms with Gasteiger partial charge in [-0.05, 0) is 12.8 Å². The fourth-order valence-corrected chi connectivity index (χ4v) is 0.391. The third-order valence-corrected chi connectivity index (χ3v) is 0.697. The molecule has 0 amide bonds. The molecule has 0 rings (SSSR count). The molecule has 0 aromatic carbocycles. The molecule has 0 fully saturated rings. The van der Waals surface area contributed by atoms with E-state index in [1.54, 1.807) is 0 Å². The number of hydrogen-bond donors (Lipinski definition) is 0. The van der Waals surface area contributed by atoms with Gasteiger partial charge in [-0.15, -0.1) is 0 Å². The number of ether oxygens (including phenoxy) is 1. The summed E-state index contributed by atoms with van der Waals surface area (Å²) >= 11 is 0. The van der Waals surface area contributed by atoms with E-state index in [4.69, 9.17) is 4.74 Å². The molecule has 9 heavy (non-hydrogen) atoms. The quantitative estimate of drug-likeness (QED) is 0.386. The van der Waals surface area contributed by atoms with E-state index in [0.717, 1.165) is 26.1 Å². The van der Waals surface area contributed by atoms with Crippen LogP contribution < -0.4 is 0 Å². The summed E-state index contributed by atoms with van der Waals surface area (Å²) in [6.45, 7) is 6.09. The average molecular weight is 118 g/mol. The van der Waals surface area contributed by atoms with Gasteiger partial charge in [0.15, 0.2) is 0 Å². The van der Waals surface area contributed by atoms with Crippen molar-refractivity contribution in [2.75, 3.05) is 13.2 Å². The summed E-state index contributed by atoms with van der Waals surface area (Å²) in [7, 11) is 0. The predicted molar refractivity (Wildman–Crippen MR) is 45.7 cm³/mol.